The van der Waals surface area contributed by atoms with Crippen molar-refractivity contribution >= 4 is 57.1 Å². The summed E-state index contributed by atoms with van der Waals surface area (Å²) < 4.78 is 39.5. The molecule has 1 saturated heterocycles. The summed E-state index contributed by atoms with van der Waals surface area (Å²) in [5.41, 5.74) is -1.53. The Morgan fingerprint density at radius 3 is 2.36 bits per heavy atom. The number of ether oxygens (including phenoxy) is 2. The molecule has 3 aliphatic carbocycles. The van der Waals surface area contributed by atoms with Crippen LogP contribution in [-0.2, 0) is 29.1 Å². The highest BCUT2D eigenvalue weighted by Gasteiger charge is 2.62. The third kappa shape index (κ3) is 9.14. The molecule has 1 aromatic carbocycles. The zero-order valence-corrected chi connectivity index (χ0v) is 32.0. The van der Waals surface area contributed by atoms with E-state index in [1.165, 1.54) is 11.0 Å². The summed E-state index contributed by atoms with van der Waals surface area (Å²) in [5, 5.41) is 8.14. The number of alkyl carbamates (subject to hydrolysis) is 1. The van der Waals surface area contributed by atoms with E-state index in [2.05, 4.69) is 30.6 Å². The fourth-order valence-corrected chi connectivity index (χ4v) is 8.67. The van der Waals surface area contributed by atoms with Crippen LogP contribution >= 0.6 is 11.6 Å². The molecule has 4 N–H and O–H groups in total. The maximum absolute atomic E-state index is 14.5. The lowest BCUT2D eigenvalue weighted by Gasteiger charge is -2.35. The van der Waals surface area contributed by atoms with Gasteiger partial charge in [0.25, 0.3) is 5.91 Å². The van der Waals surface area contributed by atoms with E-state index in [4.69, 9.17) is 21.1 Å². The summed E-state index contributed by atoms with van der Waals surface area (Å²) in [6, 6.07) is 8.40. The SMILES string of the molecule is CC[C@@H]1C[C@]1(NC(=O)[C@@H]1CC(Oc2cc(Cl)nc(Nc3ccccc3)n2)CN1C(=O)[C@@H](NC(=O)OC1CCCC1)C(C)(C)C)C(=O)NS(=O)(=O)C1CC1. The van der Waals surface area contributed by atoms with Gasteiger partial charge >= 0.3 is 6.09 Å². The Kier molecular flexibility index (Phi) is 11.1. The number of nitrogens with zero attached hydrogens (tertiary/aromatic N) is 3. The molecule has 288 valence electrons. The van der Waals surface area contributed by atoms with Gasteiger partial charge in [-0.1, -0.05) is 63.9 Å². The van der Waals surface area contributed by atoms with Crippen LogP contribution in [0.4, 0.5) is 16.4 Å². The topological polar surface area (TPSA) is 198 Å². The lowest BCUT2D eigenvalue weighted by Crippen LogP contribution is -2.60. The molecule has 5 atom stereocenters. The number of hydrogen-bond donors (Lipinski definition) is 4. The first-order valence-electron chi connectivity index (χ1n) is 18.3. The lowest BCUT2D eigenvalue weighted by molar-refractivity contribution is -0.143. The van der Waals surface area contributed by atoms with Gasteiger partial charge in [0.15, 0.2) is 0 Å². The van der Waals surface area contributed by atoms with Crippen molar-refractivity contribution in [2.45, 2.75) is 121 Å². The molecular formula is C36H48ClN7O8S. The zero-order valence-electron chi connectivity index (χ0n) is 30.4. The van der Waals surface area contributed by atoms with Gasteiger partial charge in [0, 0.05) is 18.2 Å². The van der Waals surface area contributed by atoms with E-state index >= 15 is 0 Å². The molecular weight excluding hydrogens is 726 g/mol. The van der Waals surface area contributed by atoms with Gasteiger partial charge in [-0.05, 0) is 68.4 Å². The van der Waals surface area contributed by atoms with Crippen LogP contribution in [0.5, 0.6) is 5.88 Å². The van der Waals surface area contributed by atoms with E-state index in [-0.39, 0.29) is 48.4 Å². The van der Waals surface area contributed by atoms with Crippen molar-refractivity contribution in [1.29, 1.82) is 0 Å². The Bertz CT molecular complexity index is 1820. The van der Waals surface area contributed by atoms with E-state index < -0.39 is 68.2 Å². The minimum atomic E-state index is -3.87. The minimum absolute atomic E-state index is 0.00110. The van der Waals surface area contributed by atoms with Gasteiger partial charge < -0.3 is 30.3 Å². The Hall–Kier alpha value is -4.18. The lowest BCUT2D eigenvalue weighted by atomic mass is 9.85. The number of benzene rings is 1. The molecule has 0 radical (unpaired) electrons. The van der Waals surface area contributed by atoms with Crippen LogP contribution < -0.4 is 25.4 Å². The van der Waals surface area contributed by atoms with Crippen molar-refractivity contribution in [2.75, 3.05) is 11.9 Å². The molecule has 1 unspecified atom stereocenters. The Morgan fingerprint density at radius 2 is 1.74 bits per heavy atom. The highest BCUT2D eigenvalue weighted by molar-refractivity contribution is 7.91. The second-order valence-corrected chi connectivity index (χ2v) is 17.9. The fraction of sp³-hybridized carbons (Fsp3) is 0.611. The minimum Gasteiger partial charge on any atom is -0.472 e. The Labute approximate surface area is 314 Å². The van der Waals surface area contributed by atoms with E-state index in [9.17, 15) is 27.6 Å². The first-order valence-corrected chi connectivity index (χ1v) is 20.2. The Balaban J connectivity index is 1.24. The predicted molar refractivity (Wildman–Crippen MR) is 196 cm³/mol. The standard InChI is InChI=1S/C36H48ClN7O8S/c1-5-21-19-36(21,32(47)43-53(49,50)25-15-16-25)42-30(45)26-17-24(51-28-18-27(37)39-33(40-28)38-22-11-7-6-8-12-22)20-44(26)31(46)29(35(2,3)4)41-34(48)52-23-13-9-10-14-23/h6-8,11-12,18,21,23-26,29H,5,9-10,13-17,19-20H2,1-4H3,(H,41,48)(H,42,45)(H,43,47)(H,38,39,40)/t21-,24?,26+,29-,36-/m1/s1. The molecule has 4 fully saturated rings. The maximum atomic E-state index is 14.5. The summed E-state index contributed by atoms with van der Waals surface area (Å²) >= 11 is 6.33. The van der Waals surface area contributed by atoms with Crippen LogP contribution in [0.1, 0.15) is 85.5 Å². The molecule has 1 aromatic heterocycles. The number of likely N-dealkylation sites (tertiary alicyclic amines) is 1. The number of hydrogen-bond acceptors (Lipinski definition) is 11. The largest absolute Gasteiger partial charge is 0.472 e. The van der Waals surface area contributed by atoms with Gasteiger partial charge in [-0.3, -0.25) is 19.1 Å². The molecule has 3 saturated carbocycles. The van der Waals surface area contributed by atoms with Crippen molar-refractivity contribution < 1.29 is 37.1 Å². The van der Waals surface area contributed by atoms with Crippen molar-refractivity contribution in [3.63, 3.8) is 0 Å². The number of carbonyl (C=O) groups excluding carboxylic acids is 4. The molecule has 53 heavy (non-hydrogen) atoms. The van der Waals surface area contributed by atoms with Crippen LogP contribution in [0.2, 0.25) is 5.15 Å². The molecule has 6 rings (SSSR count). The van der Waals surface area contributed by atoms with Crippen LogP contribution in [0.15, 0.2) is 36.4 Å². The summed E-state index contributed by atoms with van der Waals surface area (Å²) in [4.78, 5) is 65.4. The number of anilines is 2. The highest BCUT2D eigenvalue weighted by atomic mass is 35.5. The third-order valence-corrected chi connectivity index (χ3v) is 12.3. The first kappa shape index (κ1) is 38.5. The quantitative estimate of drug-likeness (QED) is 0.213. The number of carbonyl (C=O) groups is 4. The van der Waals surface area contributed by atoms with Crippen LogP contribution in [0, 0.1) is 11.3 Å². The number of sulfonamides is 1. The normalized spacial score (nSPS) is 24.9. The highest BCUT2D eigenvalue weighted by Crippen LogP contribution is 2.47. The number of halogens is 1. The Morgan fingerprint density at radius 1 is 1.04 bits per heavy atom. The van der Waals surface area contributed by atoms with Gasteiger partial charge in [0.2, 0.25) is 33.7 Å². The molecule has 1 aliphatic heterocycles. The summed E-state index contributed by atoms with van der Waals surface area (Å²) in [6.07, 6.45) is 3.40. The van der Waals surface area contributed by atoms with E-state index in [1.54, 1.807) is 20.8 Å². The van der Waals surface area contributed by atoms with Gasteiger partial charge in [-0.25, -0.2) is 18.2 Å². The second kappa shape index (κ2) is 15.3. The fourth-order valence-electron chi connectivity index (χ4n) is 7.13. The molecule has 0 spiro atoms. The third-order valence-electron chi connectivity index (χ3n) is 10.3. The average molecular weight is 774 g/mol. The predicted octanol–water partition coefficient (Wildman–Crippen LogP) is 4.20. The van der Waals surface area contributed by atoms with Crippen molar-refractivity contribution in [3.8, 4) is 5.88 Å². The summed E-state index contributed by atoms with van der Waals surface area (Å²) in [7, 11) is -3.87. The molecule has 4 aliphatic rings. The van der Waals surface area contributed by atoms with Gasteiger partial charge in [0.1, 0.15) is 35.0 Å². The summed E-state index contributed by atoms with van der Waals surface area (Å²) in [6.45, 7) is 7.17. The second-order valence-electron chi connectivity index (χ2n) is 15.5. The zero-order chi connectivity index (χ0) is 38.1. The number of para-hydroxylation sites is 1. The smallest absolute Gasteiger partial charge is 0.408 e. The van der Waals surface area contributed by atoms with Gasteiger partial charge in [0.05, 0.1) is 11.8 Å². The molecule has 17 heteroatoms. The monoisotopic (exact) mass is 773 g/mol. The van der Waals surface area contributed by atoms with Crippen molar-refractivity contribution in [1.82, 2.24) is 30.2 Å². The van der Waals surface area contributed by atoms with E-state index in [1.807, 2.05) is 37.3 Å². The van der Waals surface area contributed by atoms with E-state index in [0.29, 0.717) is 19.3 Å². The number of nitrogens with one attached hydrogen (secondary N) is 4. The van der Waals surface area contributed by atoms with Crippen molar-refractivity contribution in [3.05, 3.63) is 41.6 Å². The van der Waals surface area contributed by atoms with Crippen LogP contribution in [0.25, 0.3) is 0 Å². The van der Waals surface area contributed by atoms with Crippen LogP contribution in [0.3, 0.4) is 0 Å². The molecule has 4 amide bonds. The molecule has 2 heterocycles. The number of rotatable bonds is 13. The average Bonchev–Trinajstić information content (AvgIpc) is 3.97. The molecule has 0 bridgehead atoms. The van der Waals surface area contributed by atoms with Gasteiger partial charge in [-0.2, -0.15) is 4.98 Å². The van der Waals surface area contributed by atoms with Crippen LogP contribution in [-0.4, -0.2) is 88.7 Å². The van der Waals surface area contributed by atoms with Gasteiger partial charge in [-0.15, -0.1) is 0 Å². The molecule has 2 aromatic rings. The van der Waals surface area contributed by atoms with E-state index in [0.717, 1.165) is 31.4 Å². The molecule has 15 nitrogen and oxygen atoms in total. The number of amides is 4. The number of aromatic nitrogens is 2. The van der Waals surface area contributed by atoms with Crippen molar-refractivity contribution in [2.24, 2.45) is 11.3 Å². The maximum Gasteiger partial charge on any atom is 0.408 e. The summed E-state index contributed by atoms with van der Waals surface area (Å²) in [5.74, 6) is -2.01. The first-order chi connectivity index (χ1) is 25.1.